The van der Waals surface area contributed by atoms with Crippen LogP contribution in [-0.4, -0.2) is 5.11 Å². The summed E-state index contributed by atoms with van der Waals surface area (Å²) >= 11 is 1.30. The number of fused-ring (bicyclic) bond motifs is 1. The molecule has 0 amide bonds. The van der Waals surface area contributed by atoms with Crippen molar-refractivity contribution in [1.82, 2.24) is 0 Å². The first-order chi connectivity index (χ1) is 6.22. The van der Waals surface area contributed by atoms with E-state index in [2.05, 4.69) is 0 Å². The van der Waals surface area contributed by atoms with Crippen LogP contribution in [-0.2, 0) is 6.61 Å². The number of aliphatic hydroxyl groups excluding tert-OH is 1. The van der Waals surface area contributed by atoms with Crippen LogP contribution in [0.15, 0.2) is 18.2 Å². The average molecular weight is 197 g/mol. The maximum atomic E-state index is 13.2. The Bertz CT molecular complexity index is 452. The number of thiophene rings is 1. The summed E-state index contributed by atoms with van der Waals surface area (Å²) in [4.78, 5) is 0. The zero-order valence-corrected chi connectivity index (χ0v) is 7.57. The van der Waals surface area contributed by atoms with Gasteiger partial charge in [0.2, 0.25) is 0 Å². The van der Waals surface area contributed by atoms with Crippen LogP contribution < -0.4 is 5.73 Å². The van der Waals surface area contributed by atoms with E-state index in [1.54, 1.807) is 12.1 Å². The minimum Gasteiger partial charge on any atom is -0.392 e. The van der Waals surface area contributed by atoms with E-state index < -0.39 is 0 Å². The third-order valence-corrected chi connectivity index (χ3v) is 2.94. The third-order valence-electron chi connectivity index (χ3n) is 1.90. The molecule has 1 aromatic carbocycles. The highest BCUT2D eigenvalue weighted by Gasteiger charge is 2.08. The van der Waals surface area contributed by atoms with Crippen molar-refractivity contribution in [2.75, 3.05) is 5.73 Å². The van der Waals surface area contributed by atoms with Gasteiger partial charge < -0.3 is 10.8 Å². The Labute approximate surface area is 78.4 Å². The van der Waals surface area contributed by atoms with E-state index in [1.165, 1.54) is 17.4 Å². The van der Waals surface area contributed by atoms with Gasteiger partial charge in [0.05, 0.1) is 11.6 Å². The SMILES string of the molecule is Nc1cc2c(F)ccc(CO)c2s1. The van der Waals surface area contributed by atoms with Gasteiger partial charge >= 0.3 is 0 Å². The summed E-state index contributed by atoms with van der Waals surface area (Å²) in [6, 6.07) is 4.52. The fourth-order valence-electron chi connectivity index (χ4n) is 1.29. The Morgan fingerprint density at radius 3 is 2.92 bits per heavy atom. The predicted octanol–water partition coefficient (Wildman–Crippen LogP) is 2.11. The second-order valence-corrected chi connectivity index (χ2v) is 3.84. The number of anilines is 1. The molecule has 0 unspecified atom stereocenters. The van der Waals surface area contributed by atoms with Crippen LogP contribution in [0.2, 0.25) is 0 Å². The molecule has 0 aliphatic rings. The molecular weight excluding hydrogens is 189 g/mol. The van der Waals surface area contributed by atoms with E-state index in [-0.39, 0.29) is 12.4 Å². The maximum absolute atomic E-state index is 13.2. The van der Waals surface area contributed by atoms with E-state index in [1.807, 2.05) is 0 Å². The lowest BCUT2D eigenvalue weighted by atomic mass is 10.1. The van der Waals surface area contributed by atoms with Crippen LogP contribution in [0.1, 0.15) is 5.56 Å². The molecule has 0 atom stereocenters. The maximum Gasteiger partial charge on any atom is 0.131 e. The first kappa shape index (κ1) is 8.47. The molecule has 1 aromatic heterocycles. The molecule has 0 saturated heterocycles. The second kappa shape index (κ2) is 2.97. The molecule has 4 heteroatoms. The van der Waals surface area contributed by atoms with Gasteiger partial charge in [-0.15, -0.1) is 11.3 Å². The highest BCUT2D eigenvalue weighted by atomic mass is 32.1. The number of nitrogen functional groups attached to an aromatic ring is 1. The Morgan fingerprint density at radius 2 is 2.23 bits per heavy atom. The summed E-state index contributed by atoms with van der Waals surface area (Å²) in [7, 11) is 0. The molecule has 2 rings (SSSR count). The van der Waals surface area contributed by atoms with Gasteiger partial charge in [-0.05, 0) is 17.7 Å². The smallest absolute Gasteiger partial charge is 0.131 e. The summed E-state index contributed by atoms with van der Waals surface area (Å²) in [5.74, 6) is -0.292. The van der Waals surface area contributed by atoms with E-state index in [4.69, 9.17) is 10.8 Å². The summed E-state index contributed by atoms with van der Waals surface area (Å²) in [6.07, 6.45) is 0. The number of aliphatic hydroxyl groups is 1. The molecule has 68 valence electrons. The molecule has 0 saturated carbocycles. The van der Waals surface area contributed by atoms with Gasteiger partial charge in [0.25, 0.3) is 0 Å². The average Bonchev–Trinajstić information content (AvgIpc) is 2.48. The fraction of sp³-hybridized carbons (Fsp3) is 0.111. The van der Waals surface area contributed by atoms with E-state index in [9.17, 15) is 4.39 Å². The number of hydrogen-bond acceptors (Lipinski definition) is 3. The zero-order chi connectivity index (χ0) is 9.42. The number of hydrogen-bond donors (Lipinski definition) is 2. The lowest BCUT2D eigenvalue weighted by Crippen LogP contribution is -1.84. The molecule has 2 aromatic rings. The van der Waals surface area contributed by atoms with Crippen LogP contribution >= 0.6 is 11.3 Å². The Morgan fingerprint density at radius 1 is 1.46 bits per heavy atom. The largest absolute Gasteiger partial charge is 0.392 e. The van der Waals surface area contributed by atoms with Crippen LogP contribution in [0, 0.1) is 5.82 Å². The van der Waals surface area contributed by atoms with Crippen LogP contribution in [0.5, 0.6) is 0 Å². The normalized spacial score (nSPS) is 10.9. The molecule has 13 heavy (non-hydrogen) atoms. The molecule has 2 nitrogen and oxygen atoms in total. The number of benzene rings is 1. The topological polar surface area (TPSA) is 46.2 Å². The predicted molar refractivity (Wildman–Crippen MR) is 52.1 cm³/mol. The number of nitrogens with two attached hydrogens (primary N) is 1. The second-order valence-electron chi connectivity index (χ2n) is 2.76. The minimum absolute atomic E-state index is 0.0866. The number of halogens is 1. The standard InChI is InChI=1S/C9H8FNOS/c10-7-2-1-5(4-12)9-6(7)3-8(11)13-9/h1-3,12H,4,11H2. The van der Waals surface area contributed by atoms with Gasteiger partial charge in [-0.25, -0.2) is 4.39 Å². The molecule has 1 heterocycles. The quantitative estimate of drug-likeness (QED) is 0.735. The molecule has 0 radical (unpaired) electrons. The minimum atomic E-state index is -0.292. The van der Waals surface area contributed by atoms with Gasteiger partial charge in [0.1, 0.15) is 5.82 Å². The van der Waals surface area contributed by atoms with Gasteiger partial charge in [-0.3, -0.25) is 0 Å². The summed E-state index contributed by atoms with van der Waals surface area (Å²) in [6.45, 7) is -0.0866. The Hall–Kier alpha value is -1.13. The Kier molecular flexibility index (Phi) is 1.94. The van der Waals surface area contributed by atoms with Crippen LogP contribution in [0.3, 0.4) is 0 Å². The highest BCUT2D eigenvalue weighted by Crippen LogP contribution is 2.32. The lowest BCUT2D eigenvalue weighted by Gasteiger charge is -1.98. The first-order valence-corrected chi connectivity index (χ1v) is 4.61. The van der Waals surface area contributed by atoms with Gasteiger partial charge in [-0.1, -0.05) is 6.07 Å². The zero-order valence-electron chi connectivity index (χ0n) is 6.75. The fourth-order valence-corrected chi connectivity index (χ4v) is 2.23. The van der Waals surface area contributed by atoms with Crippen molar-refractivity contribution < 1.29 is 9.50 Å². The van der Waals surface area contributed by atoms with E-state index >= 15 is 0 Å². The molecular formula is C9H8FNOS. The molecule has 0 spiro atoms. The molecule has 0 bridgehead atoms. The molecule has 0 aliphatic carbocycles. The van der Waals surface area contributed by atoms with Crippen LogP contribution in [0.4, 0.5) is 9.39 Å². The van der Waals surface area contributed by atoms with Crippen molar-refractivity contribution in [3.63, 3.8) is 0 Å². The van der Waals surface area contributed by atoms with Crippen molar-refractivity contribution in [1.29, 1.82) is 0 Å². The molecule has 3 N–H and O–H groups in total. The van der Waals surface area contributed by atoms with Gasteiger partial charge in [0, 0.05) is 10.1 Å². The van der Waals surface area contributed by atoms with E-state index in [0.29, 0.717) is 10.4 Å². The third kappa shape index (κ3) is 1.28. The Balaban J connectivity index is 2.83. The summed E-state index contributed by atoms with van der Waals surface area (Å²) < 4.78 is 13.9. The van der Waals surface area contributed by atoms with E-state index in [0.717, 1.165) is 10.3 Å². The van der Waals surface area contributed by atoms with Crippen molar-refractivity contribution in [2.24, 2.45) is 0 Å². The summed E-state index contributed by atoms with van der Waals surface area (Å²) in [5, 5.41) is 10.0. The number of rotatable bonds is 1. The monoisotopic (exact) mass is 197 g/mol. The molecule has 0 aliphatic heterocycles. The van der Waals surface area contributed by atoms with Gasteiger partial charge in [-0.2, -0.15) is 0 Å². The lowest BCUT2D eigenvalue weighted by molar-refractivity contribution is 0.283. The van der Waals surface area contributed by atoms with Crippen molar-refractivity contribution >= 4 is 26.4 Å². The first-order valence-electron chi connectivity index (χ1n) is 3.79. The van der Waals surface area contributed by atoms with Gasteiger partial charge in [0.15, 0.2) is 0 Å². The van der Waals surface area contributed by atoms with Crippen molar-refractivity contribution in [3.05, 3.63) is 29.6 Å². The van der Waals surface area contributed by atoms with Crippen LogP contribution in [0.25, 0.3) is 10.1 Å². The van der Waals surface area contributed by atoms with Crippen molar-refractivity contribution in [2.45, 2.75) is 6.61 Å². The highest BCUT2D eigenvalue weighted by molar-refractivity contribution is 7.22. The summed E-state index contributed by atoms with van der Waals surface area (Å²) in [5.41, 5.74) is 6.27. The molecule has 0 fully saturated rings. The van der Waals surface area contributed by atoms with Crippen molar-refractivity contribution in [3.8, 4) is 0 Å².